The molecule has 25 rings (SSSR count). The van der Waals surface area contributed by atoms with E-state index in [1.54, 1.807) is 0 Å². The van der Waals surface area contributed by atoms with Crippen LogP contribution in [-0.4, -0.2) is 18.3 Å². The second-order valence-electron chi connectivity index (χ2n) is 30.9. The van der Waals surface area contributed by atoms with Gasteiger partial charge in [0.05, 0.1) is 0 Å². The fraction of sp³-hybridized carbons (Fsp3) is 0.0357. The van der Waals surface area contributed by atoms with Gasteiger partial charge in [-0.25, -0.2) is 0 Å². The van der Waals surface area contributed by atoms with Crippen LogP contribution in [0.25, 0.3) is 228 Å². The molecule has 0 atom stereocenters. The maximum absolute atomic E-state index is 3.61. The van der Waals surface area contributed by atoms with E-state index in [0.29, 0.717) is 0 Å². The van der Waals surface area contributed by atoms with Crippen molar-refractivity contribution in [1.29, 1.82) is 0 Å². The van der Waals surface area contributed by atoms with Gasteiger partial charge in [0.1, 0.15) is 0 Å². The fourth-order valence-electron chi connectivity index (χ4n) is 18.7. The zero-order valence-corrected chi connectivity index (χ0v) is 79.5. The van der Waals surface area contributed by atoms with Crippen LogP contribution in [0.4, 0.5) is 0 Å². The van der Waals surface area contributed by atoms with Gasteiger partial charge in [0.2, 0.25) is 0 Å². The van der Waals surface area contributed by atoms with Crippen LogP contribution < -0.4 is 0 Å². The number of aryl methyl sites for hydroxylation is 4. The molecular formula is C112H74N4SY4-4. The number of fused-ring (bicyclic) bond motifs is 24. The molecule has 0 aliphatic heterocycles. The number of aromatic nitrogens is 4. The molecule has 0 amide bonds. The molecule has 0 aliphatic rings. The van der Waals surface area contributed by atoms with Crippen LogP contribution in [0.2, 0.25) is 0 Å². The summed E-state index contributed by atoms with van der Waals surface area (Å²) in [5.41, 5.74) is 20.2. The molecule has 0 saturated carbocycles. The Balaban J connectivity index is 0.000000109. The topological polar surface area (TPSA) is 19.7 Å². The van der Waals surface area contributed by atoms with Crippen LogP contribution in [0.5, 0.6) is 0 Å². The Morgan fingerprint density at radius 2 is 0.570 bits per heavy atom. The second-order valence-corrected chi connectivity index (χ2v) is 31.9. The molecule has 0 spiro atoms. The Morgan fingerprint density at radius 3 is 1.06 bits per heavy atom. The second kappa shape index (κ2) is 34.2. The van der Waals surface area contributed by atoms with Crippen molar-refractivity contribution in [2.75, 3.05) is 0 Å². The third kappa shape index (κ3) is 14.4. The molecule has 5 heterocycles. The van der Waals surface area contributed by atoms with Crippen molar-refractivity contribution in [3.8, 4) is 54.3 Å². The molecule has 4 nitrogen and oxygen atoms in total. The van der Waals surface area contributed by atoms with Crippen molar-refractivity contribution in [3.63, 3.8) is 0 Å². The molecule has 20 aromatic carbocycles. The molecule has 121 heavy (non-hydrogen) atoms. The predicted molar refractivity (Wildman–Crippen MR) is 502 cm³/mol. The summed E-state index contributed by atoms with van der Waals surface area (Å²) >= 11 is 1.84. The average Bonchev–Trinajstić information content (AvgIpc) is 1.57. The van der Waals surface area contributed by atoms with Crippen LogP contribution in [0.1, 0.15) is 0 Å². The number of thiophene rings is 1. The largest absolute Gasteiger partial charge is 0.344 e. The first kappa shape index (κ1) is 81.8. The molecule has 25 aromatic rings. The molecule has 4 radical (unpaired) electrons. The van der Waals surface area contributed by atoms with Crippen LogP contribution >= 0.6 is 11.3 Å². The zero-order chi connectivity index (χ0) is 77.9. The van der Waals surface area contributed by atoms with Crippen LogP contribution in [0, 0.1) is 24.3 Å². The van der Waals surface area contributed by atoms with E-state index in [1.807, 2.05) is 41.7 Å². The van der Waals surface area contributed by atoms with Crippen LogP contribution in [0.3, 0.4) is 0 Å². The van der Waals surface area contributed by atoms with Gasteiger partial charge in [-0.2, -0.15) is 54.6 Å². The number of hydrogen-bond donors (Lipinski definition) is 0. The first-order chi connectivity index (χ1) is 57.7. The van der Waals surface area contributed by atoms with E-state index in [4.69, 9.17) is 0 Å². The fourth-order valence-corrected chi connectivity index (χ4v) is 19.7. The normalized spacial score (nSPS) is 11.4. The molecule has 0 saturated heterocycles. The minimum atomic E-state index is 0. The Kier molecular flexibility index (Phi) is 23.1. The van der Waals surface area contributed by atoms with Gasteiger partial charge in [-0.3, -0.25) is 0 Å². The van der Waals surface area contributed by atoms with Crippen molar-refractivity contribution in [3.05, 3.63) is 400 Å². The van der Waals surface area contributed by atoms with Gasteiger partial charge in [0, 0.05) is 256 Å². The van der Waals surface area contributed by atoms with Crippen LogP contribution in [0.15, 0.2) is 376 Å². The number of benzene rings is 20. The summed E-state index contributed by atoms with van der Waals surface area (Å²) in [6.07, 6.45) is 0. The molecule has 0 bridgehead atoms. The summed E-state index contributed by atoms with van der Waals surface area (Å²) < 4.78 is 9.23. The Labute approximate surface area is 806 Å². The van der Waals surface area contributed by atoms with E-state index in [0.717, 1.165) is 16.2 Å². The SMILES string of the molecule is Cn1c2ccc(-c3c4ccccc4[c-]c4ccccc34)cc2c2c3ccccc3ccc21.Cn1c2ccc(-c3cc[c-]c4ccccc34)cc2c2c3ccccc3ccc21.Cn1c2ccc(-c3ccc(-c4cc[c-]cc4)s3)cc2c2c3ccccc3ccc21.Cn1c2ccc(-c3ccc4c[c-]ccc4c3)cc2c2c3ccccc3ccc21.[Y].[Y].[Y].[Y]. The van der Waals surface area contributed by atoms with Crippen molar-refractivity contribution in [1.82, 2.24) is 18.3 Å². The summed E-state index contributed by atoms with van der Waals surface area (Å²) in [5.74, 6) is 0. The Bertz CT molecular complexity index is 8290. The van der Waals surface area contributed by atoms with Gasteiger partial charge in [-0.1, -0.05) is 228 Å². The number of rotatable bonds is 5. The minimum absolute atomic E-state index is 0. The summed E-state index contributed by atoms with van der Waals surface area (Å²) in [6.45, 7) is 0. The quantitative estimate of drug-likeness (QED) is 0.121. The summed E-state index contributed by atoms with van der Waals surface area (Å²) in [6, 6.07) is 149. The van der Waals surface area contributed by atoms with E-state index in [1.165, 1.54) is 212 Å². The molecule has 5 aromatic heterocycles. The third-order valence-electron chi connectivity index (χ3n) is 24.5. The molecule has 564 valence electrons. The Hall–Kier alpha value is -10.2. The van der Waals surface area contributed by atoms with Crippen molar-refractivity contribution in [2.24, 2.45) is 28.2 Å². The van der Waals surface area contributed by atoms with E-state index >= 15 is 0 Å². The maximum Gasteiger partial charge on any atom is 0.0495 e. The van der Waals surface area contributed by atoms with Crippen molar-refractivity contribution >= 4 is 185 Å². The Morgan fingerprint density at radius 1 is 0.223 bits per heavy atom. The summed E-state index contributed by atoms with van der Waals surface area (Å²) in [7, 11) is 8.65. The number of hydrogen-bond acceptors (Lipinski definition) is 1. The number of nitrogens with zero attached hydrogens (tertiary/aromatic N) is 4. The van der Waals surface area contributed by atoms with Gasteiger partial charge in [0.15, 0.2) is 0 Å². The maximum atomic E-state index is 3.61. The predicted octanol–water partition coefficient (Wildman–Crippen LogP) is 30.1. The van der Waals surface area contributed by atoms with E-state index in [2.05, 4.69) is 417 Å². The van der Waals surface area contributed by atoms with Gasteiger partial charge >= 0.3 is 0 Å². The average molecular weight is 1860 g/mol. The molecule has 9 heteroatoms. The molecule has 0 N–H and O–H groups in total. The van der Waals surface area contributed by atoms with E-state index in [-0.39, 0.29) is 131 Å². The summed E-state index contributed by atoms with van der Waals surface area (Å²) in [4.78, 5) is 2.59. The van der Waals surface area contributed by atoms with Crippen LogP contribution in [-0.2, 0) is 159 Å². The first-order valence-corrected chi connectivity index (χ1v) is 40.8. The molecular weight excluding hydrogens is 1790 g/mol. The van der Waals surface area contributed by atoms with Crippen molar-refractivity contribution in [2.45, 2.75) is 0 Å². The first-order valence-electron chi connectivity index (χ1n) is 40.0. The van der Waals surface area contributed by atoms with Gasteiger partial charge in [-0.15, -0.1) is 104 Å². The smallest absolute Gasteiger partial charge is 0.0495 e. The van der Waals surface area contributed by atoms with E-state index < -0.39 is 0 Å². The van der Waals surface area contributed by atoms with E-state index in [9.17, 15) is 0 Å². The standard InChI is InChI=1S/C31H20N.C27H18NS.2C27H18N.4Y/c1-32-28-16-15-23(19-27(28)31-24-11-5-2-8-20(24)14-17-29(31)32)30-25-12-6-3-9-21(25)18-22-10-4-7-13-26(22)30;1-28-23-13-12-20(26-16-15-25(29-26)19-8-3-2-4-9-19)17-22(23)27-21-10-6-5-7-18(21)11-14-24(27)28;1-28-25-15-14-20(22-12-6-9-18-7-2-4-10-21(18)22)17-24(25)27-23-11-5-3-8-19(23)13-16-26(27)28;1-28-25-14-13-22(21-11-10-18-6-2-3-8-20(18)16-21)17-24(25)27-23-9-5-4-7-19(23)12-15-26(27)28;;;;/h2-17,19H,1H3;3-17H,1H3;2-8,10-17H,1H3;3-17H,1H3;;;;/q4*-1;;;;. The van der Waals surface area contributed by atoms with Gasteiger partial charge < -0.3 is 18.3 Å². The molecule has 0 aliphatic carbocycles. The van der Waals surface area contributed by atoms with Crippen molar-refractivity contribution < 1.29 is 131 Å². The summed E-state index contributed by atoms with van der Waals surface area (Å²) in [5, 5.41) is 30.7. The molecule has 0 unspecified atom stereocenters. The monoisotopic (exact) mass is 1860 g/mol. The third-order valence-corrected chi connectivity index (χ3v) is 25.6. The van der Waals surface area contributed by atoms with Gasteiger partial charge in [-0.05, 0) is 156 Å². The zero-order valence-electron chi connectivity index (χ0n) is 67.3. The minimum Gasteiger partial charge on any atom is -0.344 e. The molecule has 0 fully saturated rings. The van der Waals surface area contributed by atoms with Gasteiger partial charge in [0.25, 0.3) is 0 Å².